The highest BCUT2D eigenvalue weighted by molar-refractivity contribution is 8.00. The zero-order chi connectivity index (χ0) is 58.3. The van der Waals surface area contributed by atoms with Gasteiger partial charge in [0.1, 0.15) is 40.2 Å². The minimum absolute atomic E-state index is 0.0234. The number of aliphatic carboxylic acids is 1. The zero-order valence-electron chi connectivity index (χ0n) is 50.7. The highest BCUT2D eigenvalue weighted by Crippen LogP contribution is 2.52. The van der Waals surface area contributed by atoms with Crippen LogP contribution in [0.25, 0.3) is 6.08 Å². The Morgan fingerprint density at radius 3 is 1.65 bits per heavy atom. The molecule has 1 aromatic rings. The maximum atomic E-state index is 15.4. The Morgan fingerprint density at radius 1 is 0.727 bits per heavy atom. The lowest BCUT2D eigenvalue weighted by Gasteiger charge is -2.50. The number of aliphatic imine (C=N–C) groups is 1. The van der Waals surface area contributed by atoms with Gasteiger partial charge in [0, 0.05) is 35.8 Å². The Balaban J connectivity index is 1.97. The van der Waals surface area contributed by atoms with E-state index in [2.05, 4.69) is 124 Å². The molecule has 0 saturated heterocycles. The van der Waals surface area contributed by atoms with Gasteiger partial charge in [-0.25, -0.2) is 19.5 Å². The first-order chi connectivity index (χ1) is 35.5. The van der Waals surface area contributed by atoms with Crippen LogP contribution in [-0.2, 0) is 33.5 Å². The Bertz CT molecular complexity index is 2280. The van der Waals surface area contributed by atoms with Gasteiger partial charge < -0.3 is 30.2 Å². The molecule has 0 spiro atoms. The maximum absolute atomic E-state index is 15.4. The molecule has 436 valence electrons. The van der Waals surface area contributed by atoms with E-state index in [0.717, 1.165) is 49.6 Å². The average Bonchev–Trinajstić information content (AvgIpc) is 3.84. The van der Waals surface area contributed by atoms with Crippen molar-refractivity contribution in [2.75, 3.05) is 23.4 Å². The van der Waals surface area contributed by atoms with Gasteiger partial charge in [-0.2, -0.15) is 0 Å². The number of allylic oxidation sites excluding steroid dienone is 1. The van der Waals surface area contributed by atoms with Crippen LogP contribution >= 0.6 is 23.5 Å². The molecule has 77 heavy (non-hydrogen) atoms. The second-order valence-electron chi connectivity index (χ2n) is 27.5. The number of anilines is 1. The van der Waals surface area contributed by atoms with E-state index >= 15 is 9.59 Å². The molecule has 6 atom stereocenters. The van der Waals surface area contributed by atoms with E-state index < -0.39 is 46.5 Å². The number of aromatic nitrogens is 1. The van der Waals surface area contributed by atoms with Crippen molar-refractivity contribution in [3.05, 3.63) is 33.7 Å². The summed E-state index contributed by atoms with van der Waals surface area (Å²) in [4.78, 5) is 83.4. The number of carboxylic acid groups (broad SMARTS) is 1. The molecule has 6 unspecified atom stereocenters. The predicted molar refractivity (Wildman–Crippen MR) is 315 cm³/mol. The SMILES string of the molecule is CCCSC(C)C(=O)NC1=NC(=Cc2[nH]c(NC(=O)CCCSC(CCOO)C(=O)O)c(C(=O)OC3C(C(C)(C)C)CC(C)CC3C(C)(C)C)c2C(C)C)C(C(C)C)=C1C(=O)OC1C(C(C)(C)C)CC(C)CC1C(C)(C)C. The molecule has 0 radical (unpaired) electrons. The standard InChI is InChI=1S/C61H100N4O10S2/c1-21-26-76-37(8)54(67)65-53-49(57(71)75-51-40(60(15,16)17)30-36(7)31-41(51)61(18,19)20)47(34(4)5)43(63-53)32-42-46(33(2)3)48(52(62-42)64-45(66)23-22-27-77-44(55(68)69)24-25-73-72)56(70)74-50-38(58(9,10)11)28-35(6)29-39(50)59(12,13)14/h32-41,44,50-51,62,72H,21-31H2,1-20H3,(H,64,66)(H,68,69)(H,63,65,67). The number of carboxylic acids is 1. The Hall–Kier alpha value is -3.60. The third-order valence-corrected chi connectivity index (χ3v) is 18.9. The summed E-state index contributed by atoms with van der Waals surface area (Å²) in [6, 6.07) is 0. The Labute approximate surface area is 471 Å². The fourth-order valence-electron chi connectivity index (χ4n) is 12.0. The monoisotopic (exact) mass is 1110 g/mol. The van der Waals surface area contributed by atoms with Gasteiger partial charge >= 0.3 is 17.9 Å². The van der Waals surface area contributed by atoms with Gasteiger partial charge in [-0.3, -0.25) is 19.6 Å². The number of carbonyl (C=O) groups excluding carboxylic acids is 4. The van der Waals surface area contributed by atoms with Crippen LogP contribution in [0.1, 0.15) is 217 Å². The van der Waals surface area contributed by atoms with Crippen LogP contribution in [-0.4, -0.2) is 91.7 Å². The zero-order valence-corrected chi connectivity index (χ0v) is 52.3. The van der Waals surface area contributed by atoms with Crippen molar-refractivity contribution in [1.82, 2.24) is 10.3 Å². The number of esters is 2. The topological polar surface area (TPSA) is 206 Å². The normalized spacial score (nSPS) is 25.0. The van der Waals surface area contributed by atoms with E-state index in [1.807, 2.05) is 40.7 Å². The molecular formula is C61H100N4O10S2. The third kappa shape index (κ3) is 17.4. The number of hydrogen-bond acceptors (Lipinski definition) is 12. The second-order valence-corrected chi connectivity index (χ2v) is 30.3. The van der Waals surface area contributed by atoms with E-state index in [0.29, 0.717) is 46.5 Å². The van der Waals surface area contributed by atoms with E-state index in [9.17, 15) is 19.5 Å². The van der Waals surface area contributed by atoms with Crippen LogP contribution in [0.3, 0.4) is 0 Å². The van der Waals surface area contributed by atoms with Gasteiger partial charge in [0.05, 0.1) is 17.6 Å². The molecule has 16 heteroatoms. The van der Waals surface area contributed by atoms with Crippen LogP contribution in [0.4, 0.5) is 5.82 Å². The number of rotatable bonds is 21. The molecule has 2 saturated carbocycles. The molecular weight excluding hydrogens is 1010 g/mol. The smallest absolute Gasteiger partial charge is 0.342 e. The fourth-order valence-corrected chi connectivity index (χ4v) is 13.8. The van der Waals surface area contributed by atoms with Crippen molar-refractivity contribution < 1.29 is 48.7 Å². The fraction of sp³-hybridized carbons (Fsp3) is 0.770. The number of thioether (sulfide) groups is 2. The lowest BCUT2D eigenvalue weighted by atomic mass is 9.59. The molecule has 1 aromatic heterocycles. The molecule has 1 aliphatic heterocycles. The number of carbonyl (C=O) groups is 5. The number of hydrogen-bond donors (Lipinski definition) is 5. The van der Waals surface area contributed by atoms with Gasteiger partial charge in [-0.05, 0) is 126 Å². The minimum Gasteiger partial charge on any atom is -0.480 e. The molecule has 2 aliphatic carbocycles. The highest BCUT2D eigenvalue weighted by Gasteiger charge is 2.51. The van der Waals surface area contributed by atoms with Crippen LogP contribution < -0.4 is 10.6 Å². The number of amidine groups is 1. The number of nitrogens with one attached hydrogen (secondary N) is 3. The van der Waals surface area contributed by atoms with Crippen LogP contribution in [0.15, 0.2) is 21.8 Å². The van der Waals surface area contributed by atoms with E-state index in [1.54, 1.807) is 0 Å². The van der Waals surface area contributed by atoms with Crippen LogP contribution in [0.5, 0.6) is 0 Å². The summed E-state index contributed by atoms with van der Waals surface area (Å²) in [5.41, 5.74) is 1.76. The molecule has 14 nitrogen and oxygen atoms in total. The summed E-state index contributed by atoms with van der Waals surface area (Å²) in [6.07, 6.45) is 5.94. The molecule has 2 fully saturated rings. The maximum Gasteiger partial charge on any atom is 0.342 e. The summed E-state index contributed by atoms with van der Waals surface area (Å²) < 4.78 is 13.8. The molecule has 2 heterocycles. The lowest BCUT2D eigenvalue weighted by Crippen LogP contribution is -2.50. The largest absolute Gasteiger partial charge is 0.480 e. The summed E-state index contributed by atoms with van der Waals surface area (Å²) in [7, 11) is 0. The number of amides is 2. The van der Waals surface area contributed by atoms with Gasteiger partial charge in [0.2, 0.25) is 11.8 Å². The third-order valence-electron chi connectivity index (χ3n) is 16.1. The molecule has 3 aliphatic rings. The van der Waals surface area contributed by atoms with Crippen molar-refractivity contribution in [2.24, 2.45) is 68.1 Å². The van der Waals surface area contributed by atoms with Crippen molar-refractivity contribution in [1.29, 1.82) is 0 Å². The van der Waals surface area contributed by atoms with Crippen molar-refractivity contribution >= 4 is 71.0 Å². The van der Waals surface area contributed by atoms with E-state index in [1.165, 1.54) is 11.8 Å². The molecule has 5 N–H and O–H groups in total. The van der Waals surface area contributed by atoms with Gasteiger partial charge in [0.15, 0.2) is 0 Å². The summed E-state index contributed by atoms with van der Waals surface area (Å²) in [6.45, 7) is 42.8. The number of ether oxygens (including phenoxy) is 2. The van der Waals surface area contributed by atoms with Gasteiger partial charge in [0.25, 0.3) is 0 Å². The van der Waals surface area contributed by atoms with Crippen LogP contribution in [0.2, 0.25) is 0 Å². The Kier molecular flexibility index (Phi) is 23.3. The first-order valence-corrected chi connectivity index (χ1v) is 30.7. The molecule has 0 bridgehead atoms. The summed E-state index contributed by atoms with van der Waals surface area (Å²) >= 11 is 2.70. The molecule has 2 amide bonds. The second kappa shape index (κ2) is 27.2. The number of nitrogens with zero attached hydrogens (tertiary/aromatic N) is 1. The Morgan fingerprint density at radius 2 is 1.22 bits per heavy atom. The van der Waals surface area contributed by atoms with Crippen molar-refractivity contribution in [3.63, 3.8) is 0 Å². The van der Waals surface area contributed by atoms with Crippen molar-refractivity contribution in [3.8, 4) is 0 Å². The average molecular weight is 1110 g/mol. The van der Waals surface area contributed by atoms with E-state index in [-0.39, 0.29) is 105 Å². The first-order valence-electron chi connectivity index (χ1n) is 28.6. The van der Waals surface area contributed by atoms with E-state index in [4.69, 9.17) is 19.7 Å². The summed E-state index contributed by atoms with van der Waals surface area (Å²) in [5.74, 6) is -0.878. The number of H-pyrrole nitrogens is 1. The summed E-state index contributed by atoms with van der Waals surface area (Å²) in [5, 5.41) is 23.4. The molecule has 4 rings (SSSR count). The molecule has 0 aromatic carbocycles. The van der Waals surface area contributed by atoms with Crippen molar-refractivity contribution in [2.45, 2.75) is 218 Å². The minimum atomic E-state index is -1.04. The van der Waals surface area contributed by atoms with Gasteiger partial charge in [-0.15, -0.1) is 23.5 Å². The number of aromatic amines is 1. The van der Waals surface area contributed by atoms with Gasteiger partial charge in [-0.1, -0.05) is 132 Å². The van der Waals surface area contributed by atoms with Crippen LogP contribution in [0, 0.1) is 63.1 Å². The highest BCUT2D eigenvalue weighted by atomic mass is 32.2. The predicted octanol–water partition coefficient (Wildman–Crippen LogP) is 14.2. The lowest BCUT2D eigenvalue weighted by molar-refractivity contribution is -0.242. The first kappa shape index (κ1) is 65.9. The quantitative estimate of drug-likeness (QED) is 0.0337.